The van der Waals surface area contributed by atoms with Gasteiger partial charge in [0, 0.05) is 30.6 Å². The average Bonchev–Trinajstić information content (AvgIpc) is 2.67. The maximum atomic E-state index is 13.2. The number of amides is 1. The number of rotatable bonds is 4. The van der Waals surface area contributed by atoms with E-state index >= 15 is 0 Å². The number of carbonyl (C=O) groups excluding carboxylic acids is 1. The predicted octanol–water partition coefficient (Wildman–Crippen LogP) is 4.87. The number of carbonyl (C=O) groups is 1. The van der Waals surface area contributed by atoms with Crippen molar-refractivity contribution in [3.63, 3.8) is 0 Å². The van der Waals surface area contributed by atoms with E-state index in [0.717, 1.165) is 35.0 Å². The third-order valence-electron chi connectivity index (χ3n) is 5.18. The summed E-state index contributed by atoms with van der Waals surface area (Å²) in [7, 11) is 0. The maximum absolute atomic E-state index is 13.2. The molecule has 3 aromatic rings. The van der Waals surface area contributed by atoms with E-state index in [0.29, 0.717) is 11.5 Å². The molecule has 4 rings (SSSR count). The zero-order valence-corrected chi connectivity index (χ0v) is 16.1. The lowest BCUT2D eigenvalue weighted by Crippen LogP contribution is -2.53. The minimum atomic E-state index is -1.75. The smallest absolute Gasteiger partial charge is 0.251 e. The molecule has 1 atom stereocenters. The summed E-state index contributed by atoms with van der Waals surface area (Å²) in [4.78, 5) is 12.6. The Balaban J connectivity index is 0.000000755. The van der Waals surface area contributed by atoms with Gasteiger partial charge in [0.2, 0.25) is 6.93 Å². The summed E-state index contributed by atoms with van der Waals surface area (Å²) in [6.45, 7) is 2.22. The molecule has 29 heavy (non-hydrogen) atoms. The Morgan fingerprint density at radius 2 is 1.79 bits per heavy atom. The molecule has 0 aliphatic carbocycles. The van der Waals surface area contributed by atoms with Crippen molar-refractivity contribution in [2.45, 2.75) is 13.0 Å². The first-order valence-electron chi connectivity index (χ1n) is 9.45. The fourth-order valence-electron chi connectivity index (χ4n) is 3.38. The first-order valence-corrected chi connectivity index (χ1v) is 9.45. The molecule has 1 amide bonds. The van der Waals surface area contributed by atoms with Gasteiger partial charge in [0.05, 0.1) is 0 Å². The highest BCUT2D eigenvalue weighted by Gasteiger charge is 2.25. The molecule has 3 aromatic carbocycles. The maximum Gasteiger partial charge on any atom is 0.251 e. The molecule has 0 bridgehead atoms. The lowest BCUT2D eigenvalue weighted by atomic mass is 9.94. The Hall–Kier alpha value is -2.86. The normalized spacial score (nSPS) is 14.5. The molecule has 0 aromatic heterocycles. The lowest BCUT2D eigenvalue weighted by Gasteiger charge is -2.33. The van der Waals surface area contributed by atoms with Crippen LogP contribution in [0.3, 0.4) is 0 Å². The van der Waals surface area contributed by atoms with Gasteiger partial charge in [0.1, 0.15) is 5.82 Å². The number of halogens is 3. The van der Waals surface area contributed by atoms with Crippen LogP contribution in [0.15, 0.2) is 60.7 Å². The molecule has 0 spiro atoms. The monoisotopic (exact) mass is 400 g/mol. The van der Waals surface area contributed by atoms with E-state index in [4.69, 9.17) is 0 Å². The van der Waals surface area contributed by atoms with Crippen molar-refractivity contribution in [3.8, 4) is 11.1 Å². The van der Waals surface area contributed by atoms with Crippen molar-refractivity contribution in [3.05, 3.63) is 72.0 Å². The van der Waals surface area contributed by atoms with E-state index in [2.05, 4.69) is 17.6 Å². The number of fused-ring (bicyclic) bond motifs is 1. The van der Waals surface area contributed by atoms with Crippen LogP contribution in [0.25, 0.3) is 21.9 Å². The Morgan fingerprint density at radius 3 is 2.41 bits per heavy atom. The van der Waals surface area contributed by atoms with Crippen LogP contribution >= 0.6 is 0 Å². The van der Waals surface area contributed by atoms with E-state index < -0.39 is 6.93 Å². The van der Waals surface area contributed by atoms with Crippen molar-refractivity contribution < 1.29 is 18.0 Å². The standard InChI is InChI=1S/C22H21FN2O.CH2F2/c1-14(18-12-24-13-18)25-22(26)17-7-10-21-16(11-17)3-2-4-20(21)15-5-8-19(23)9-6-15;2-1-3/h2-11,14,18,24H,12-13H2,1H3,(H,25,26);1H2. The van der Waals surface area contributed by atoms with Crippen molar-refractivity contribution in [2.75, 3.05) is 20.0 Å². The van der Waals surface area contributed by atoms with Gasteiger partial charge in [-0.1, -0.05) is 36.4 Å². The Bertz CT molecular complexity index is 972. The molecule has 1 saturated heterocycles. The molecule has 0 radical (unpaired) electrons. The minimum absolute atomic E-state index is 0.0431. The van der Waals surface area contributed by atoms with Crippen LogP contribution in [0.1, 0.15) is 17.3 Å². The zero-order valence-electron chi connectivity index (χ0n) is 16.1. The Kier molecular flexibility index (Phi) is 6.88. The van der Waals surface area contributed by atoms with E-state index in [1.54, 1.807) is 12.1 Å². The van der Waals surface area contributed by atoms with Gasteiger partial charge >= 0.3 is 0 Å². The molecule has 2 N–H and O–H groups in total. The first-order chi connectivity index (χ1) is 14.0. The molecule has 6 heteroatoms. The van der Waals surface area contributed by atoms with Crippen LogP contribution in [0.5, 0.6) is 0 Å². The molecule has 152 valence electrons. The van der Waals surface area contributed by atoms with Gasteiger partial charge < -0.3 is 10.6 Å². The van der Waals surface area contributed by atoms with Gasteiger partial charge in [0.25, 0.3) is 5.91 Å². The topological polar surface area (TPSA) is 41.1 Å². The van der Waals surface area contributed by atoms with Crippen LogP contribution in [0.2, 0.25) is 0 Å². The van der Waals surface area contributed by atoms with Crippen LogP contribution in [0.4, 0.5) is 13.2 Å². The van der Waals surface area contributed by atoms with Crippen LogP contribution < -0.4 is 10.6 Å². The summed E-state index contributed by atoms with van der Waals surface area (Å²) in [5.74, 6) is 0.215. The van der Waals surface area contributed by atoms with Crippen molar-refractivity contribution in [1.29, 1.82) is 0 Å². The highest BCUT2D eigenvalue weighted by Crippen LogP contribution is 2.29. The van der Waals surface area contributed by atoms with Crippen LogP contribution in [0, 0.1) is 11.7 Å². The van der Waals surface area contributed by atoms with E-state index in [1.807, 2.05) is 36.4 Å². The van der Waals surface area contributed by atoms with E-state index in [9.17, 15) is 18.0 Å². The summed E-state index contributed by atoms with van der Waals surface area (Å²) in [6, 6.07) is 18.4. The zero-order chi connectivity index (χ0) is 20.8. The van der Waals surface area contributed by atoms with Gasteiger partial charge in [-0.05, 0) is 53.1 Å². The van der Waals surface area contributed by atoms with Crippen LogP contribution in [-0.2, 0) is 0 Å². The minimum Gasteiger partial charge on any atom is -0.349 e. The molecule has 1 heterocycles. The molecule has 1 aliphatic rings. The van der Waals surface area contributed by atoms with Gasteiger partial charge in [-0.25, -0.2) is 13.2 Å². The molecule has 3 nitrogen and oxygen atoms in total. The summed E-state index contributed by atoms with van der Waals surface area (Å²) >= 11 is 0. The summed E-state index contributed by atoms with van der Waals surface area (Å²) in [6.07, 6.45) is 0. The fraction of sp³-hybridized carbons (Fsp3) is 0.261. The third kappa shape index (κ3) is 4.95. The van der Waals surface area contributed by atoms with Crippen molar-refractivity contribution in [2.24, 2.45) is 5.92 Å². The second-order valence-electron chi connectivity index (χ2n) is 7.03. The van der Waals surface area contributed by atoms with Gasteiger partial charge in [0.15, 0.2) is 0 Å². The van der Waals surface area contributed by atoms with Gasteiger partial charge in [-0.2, -0.15) is 0 Å². The number of hydrogen-bond acceptors (Lipinski definition) is 2. The molecule has 1 unspecified atom stereocenters. The second kappa shape index (κ2) is 9.56. The lowest BCUT2D eigenvalue weighted by molar-refractivity contribution is 0.0916. The molecule has 1 fully saturated rings. The number of nitrogens with one attached hydrogen (secondary N) is 2. The van der Waals surface area contributed by atoms with Crippen molar-refractivity contribution in [1.82, 2.24) is 10.6 Å². The summed E-state index contributed by atoms with van der Waals surface area (Å²) < 4.78 is 32.5. The molecular formula is C23H23F3N2O. The van der Waals surface area contributed by atoms with E-state index in [1.165, 1.54) is 12.1 Å². The first kappa shape index (κ1) is 20.9. The summed E-state index contributed by atoms with van der Waals surface area (Å²) in [5.41, 5.74) is 2.65. The number of hydrogen-bond donors (Lipinski definition) is 2. The molecule has 1 aliphatic heterocycles. The Labute approximate surface area is 167 Å². The van der Waals surface area contributed by atoms with Gasteiger partial charge in [-0.15, -0.1) is 0 Å². The van der Waals surface area contributed by atoms with Crippen molar-refractivity contribution >= 4 is 16.7 Å². The largest absolute Gasteiger partial charge is 0.349 e. The second-order valence-corrected chi connectivity index (χ2v) is 7.03. The van der Waals surface area contributed by atoms with E-state index in [-0.39, 0.29) is 17.8 Å². The highest BCUT2D eigenvalue weighted by molar-refractivity contribution is 6.02. The van der Waals surface area contributed by atoms with Gasteiger partial charge in [-0.3, -0.25) is 4.79 Å². The quantitative estimate of drug-likeness (QED) is 0.656. The third-order valence-corrected chi connectivity index (χ3v) is 5.18. The summed E-state index contributed by atoms with van der Waals surface area (Å²) in [5, 5.41) is 8.37. The molecular weight excluding hydrogens is 377 g/mol. The predicted molar refractivity (Wildman–Crippen MR) is 110 cm³/mol. The SMILES string of the molecule is CC(NC(=O)c1ccc2c(-c3ccc(F)cc3)cccc2c1)C1CNC1.FCF. The fourth-order valence-corrected chi connectivity index (χ4v) is 3.38. The van der Waals surface area contributed by atoms with Crippen LogP contribution in [-0.4, -0.2) is 32.0 Å². The Morgan fingerprint density at radius 1 is 1.10 bits per heavy atom. The average molecular weight is 400 g/mol. The highest BCUT2D eigenvalue weighted by atomic mass is 19.3. The molecule has 0 saturated carbocycles. The number of alkyl halides is 2. The number of benzene rings is 3.